The molecule has 3 aromatic rings. The highest BCUT2D eigenvalue weighted by atomic mass is 19.4. The molecule has 0 N–H and O–H groups in total. The third kappa shape index (κ3) is 2.03. The van der Waals surface area contributed by atoms with E-state index >= 15 is 0 Å². The first-order valence-electron chi connectivity index (χ1n) is 6.87. The number of para-hydroxylation sites is 1. The van der Waals surface area contributed by atoms with Crippen LogP contribution in [0.15, 0.2) is 30.3 Å². The van der Waals surface area contributed by atoms with Crippen LogP contribution in [0.2, 0.25) is 0 Å². The molecule has 23 heavy (non-hydrogen) atoms. The van der Waals surface area contributed by atoms with Gasteiger partial charge in [0.2, 0.25) is 5.82 Å². The number of nitrogens with zero attached hydrogens (tertiary/aromatic N) is 2. The van der Waals surface area contributed by atoms with Crippen molar-refractivity contribution in [1.29, 1.82) is 0 Å². The Morgan fingerprint density at radius 1 is 1.00 bits per heavy atom. The molecule has 1 aliphatic rings. The number of benzene rings is 2. The van der Waals surface area contributed by atoms with Crippen LogP contribution < -0.4 is 0 Å². The van der Waals surface area contributed by atoms with E-state index in [-0.39, 0.29) is 17.5 Å². The third-order valence-electron chi connectivity index (χ3n) is 4.09. The molecule has 7 heteroatoms. The molecular formula is C16H9F5N2. The zero-order valence-electron chi connectivity index (χ0n) is 11.6. The van der Waals surface area contributed by atoms with E-state index in [0.717, 1.165) is 10.6 Å². The van der Waals surface area contributed by atoms with E-state index in [1.165, 1.54) is 12.1 Å². The Morgan fingerprint density at radius 3 is 2.52 bits per heavy atom. The fourth-order valence-electron chi connectivity index (χ4n) is 3.11. The van der Waals surface area contributed by atoms with Gasteiger partial charge in [-0.15, -0.1) is 0 Å². The first-order valence-corrected chi connectivity index (χ1v) is 6.87. The molecule has 0 aliphatic carbocycles. The Labute approximate surface area is 127 Å². The predicted octanol–water partition coefficient (Wildman–Crippen LogP) is 4.29. The van der Waals surface area contributed by atoms with Gasteiger partial charge in [-0.3, -0.25) is 0 Å². The monoisotopic (exact) mass is 324 g/mol. The van der Waals surface area contributed by atoms with E-state index in [9.17, 15) is 22.0 Å². The maximum absolute atomic E-state index is 14.1. The Morgan fingerprint density at radius 2 is 1.78 bits per heavy atom. The predicted molar refractivity (Wildman–Crippen MR) is 73.0 cm³/mol. The Kier molecular flexibility index (Phi) is 2.79. The van der Waals surface area contributed by atoms with Crippen LogP contribution in [-0.4, -0.2) is 9.55 Å². The summed E-state index contributed by atoms with van der Waals surface area (Å²) in [6, 6.07) is 7.19. The van der Waals surface area contributed by atoms with Crippen molar-refractivity contribution in [2.75, 3.05) is 0 Å². The summed E-state index contributed by atoms with van der Waals surface area (Å²) in [4.78, 5) is 3.64. The molecule has 1 aromatic heterocycles. The Bertz CT molecular complexity index is 940. The number of aromatic nitrogens is 2. The van der Waals surface area contributed by atoms with Gasteiger partial charge in [-0.2, -0.15) is 13.2 Å². The van der Waals surface area contributed by atoms with E-state index in [1.54, 1.807) is 12.1 Å². The van der Waals surface area contributed by atoms with Crippen LogP contribution in [0.3, 0.4) is 0 Å². The highest BCUT2D eigenvalue weighted by Gasteiger charge is 2.39. The molecule has 0 fully saturated rings. The van der Waals surface area contributed by atoms with Crippen molar-refractivity contribution in [3.63, 3.8) is 0 Å². The number of halogens is 5. The van der Waals surface area contributed by atoms with Crippen LogP contribution in [0.1, 0.15) is 22.5 Å². The molecule has 0 saturated carbocycles. The molecule has 0 unspecified atom stereocenters. The van der Waals surface area contributed by atoms with Crippen molar-refractivity contribution in [2.45, 2.75) is 19.1 Å². The van der Waals surface area contributed by atoms with Gasteiger partial charge < -0.3 is 4.57 Å². The van der Waals surface area contributed by atoms with Crippen LogP contribution >= 0.6 is 0 Å². The number of imidazole rings is 1. The Hall–Kier alpha value is -2.44. The van der Waals surface area contributed by atoms with Crippen molar-refractivity contribution in [3.8, 4) is 0 Å². The molecule has 0 amide bonds. The average molecular weight is 324 g/mol. The van der Waals surface area contributed by atoms with Crippen molar-refractivity contribution in [2.24, 2.45) is 0 Å². The zero-order chi connectivity index (χ0) is 16.4. The third-order valence-corrected chi connectivity index (χ3v) is 4.09. The molecule has 2 heterocycles. The minimum absolute atomic E-state index is 0.0639. The molecule has 4 rings (SSSR count). The standard InChI is InChI=1S/C16H9F5N2/c17-11-5-4-8-6-9-2-1-3-12-14(9)23(7-10(8)13(11)18)15(22-12)16(19,20)21/h1-5H,6-7H2. The van der Waals surface area contributed by atoms with Crippen molar-refractivity contribution < 1.29 is 22.0 Å². The summed E-state index contributed by atoms with van der Waals surface area (Å²) in [5.41, 5.74) is 1.54. The van der Waals surface area contributed by atoms with Crippen LogP contribution in [-0.2, 0) is 19.1 Å². The second-order valence-electron chi connectivity index (χ2n) is 5.48. The van der Waals surface area contributed by atoms with Crippen LogP contribution in [0.4, 0.5) is 22.0 Å². The molecule has 0 saturated heterocycles. The van der Waals surface area contributed by atoms with Gasteiger partial charge in [0, 0.05) is 12.0 Å². The average Bonchev–Trinajstić information content (AvgIpc) is 2.77. The zero-order valence-corrected chi connectivity index (χ0v) is 11.6. The van der Waals surface area contributed by atoms with Crippen LogP contribution in [0.25, 0.3) is 11.0 Å². The lowest BCUT2D eigenvalue weighted by Gasteiger charge is -2.12. The van der Waals surface area contributed by atoms with Gasteiger partial charge in [0.25, 0.3) is 0 Å². The van der Waals surface area contributed by atoms with E-state index < -0.39 is 30.2 Å². The molecule has 1 aliphatic heterocycles. The lowest BCUT2D eigenvalue weighted by Crippen LogP contribution is -2.16. The summed E-state index contributed by atoms with van der Waals surface area (Å²) in [6.45, 7) is -0.402. The molecule has 118 valence electrons. The van der Waals surface area contributed by atoms with Crippen LogP contribution in [0, 0.1) is 11.6 Å². The van der Waals surface area contributed by atoms with Crippen molar-refractivity contribution in [1.82, 2.24) is 9.55 Å². The van der Waals surface area contributed by atoms with Gasteiger partial charge >= 0.3 is 6.18 Å². The second kappa shape index (κ2) is 4.53. The fraction of sp³-hybridized carbons (Fsp3) is 0.188. The number of hydrogen-bond donors (Lipinski definition) is 0. The SMILES string of the molecule is Fc1ccc2c(c1F)Cn1c(C(F)(F)F)nc3cccc(c31)C2. The minimum Gasteiger partial charge on any atom is -0.315 e. The maximum Gasteiger partial charge on any atom is 0.449 e. The lowest BCUT2D eigenvalue weighted by atomic mass is 10.00. The summed E-state index contributed by atoms with van der Waals surface area (Å²) in [7, 11) is 0. The first-order chi connectivity index (χ1) is 10.9. The normalized spacial score (nSPS) is 14.0. The number of fused-ring (bicyclic) bond motifs is 1. The molecule has 0 bridgehead atoms. The largest absolute Gasteiger partial charge is 0.449 e. The van der Waals surface area contributed by atoms with Crippen molar-refractivity contribution in [3.05, 3.63) is 64.5 Å². The topological polar surface area (TPSA) is 17.8 Å². The molecule has 0 radical (unpaired) electrons. The number of alkyl halides is 3. The summed E-state index contributed by atoms with van der Waals surface area (Å²) in [5, 5.41) is 0. The number of hydrogen-bond acceptors (Lipinski definition) is 1. The molecular weight excluding hydrogens is 315 g/mol. The smallest absolute Gasteiger partial charge is 0.315 e. The van der Waals surface area contributed by atoms with E-state index in [4.69, 9.17) is 0 Å². The van der Waals surface area contributed by atoms with Crippen molar-refractivity contribution >= 4 is 11.0 Å². The van der Waals surface area contributed by atoms with E-state index in [2.05, 4.69) is 4.98 Å². The molecule has 2 nitrogen and oxygen atoms in total. The Balaban J connectivity index is 2.07. The lowest BCUT2D eigenvalue weighted by molar-refractivity contribution is -0.146. The van der Waals surface area contributed by atoms with Gasteiger partial charge in [0.15, 0.2) is 11.6 Å². The van der Waals surface area contributed by atoms with Gasteiger partial charge in [0.05, 0.1) is 17.6 Å². The van der Waals surface area contributed by atoms with E-state index in [0.29, 0.717) is 16.6 Å². The van der Waals surface area contributed by atoms with E-state index in [1.807, 2.05) is 0 Å². The maximum atomic E-state index is 14.1. The van der Waals surface area contributed by atoms with Gasteiger partial charge in [0.1, 0.15) is 0 Å². The van der Waals surface area contributed by atoms with Gasteiger partial charge in [-0.1, -0.05) is 18.2 Å². The van der Waals surface area contributed by atoms with Gasteiger partial charge in [-0.25, -0.2) is 13.8 Å². The molecule has 0 atom stereocenters. The molecule has 2 aromatic carbocycles. The summed E-state index contributed by atoms with van der Waals surface area (Å²) in [5.74, 6) is -3.28. The number of rotatable bonds is 0. The fourth-order valence-corrected chi connectivity index (χ4v) is 3.11. The second-order valence-corrected chi connectivity index (χ2v) is 5.48. The highest BCUT2D eigenvalue weighted by molar-refractivity contribution is 5.81. The first kappa shape index (κ1) is 14.2. The molecule has 0 spiro atoms. The summed E-state index contributed by atoms with van der Waals surface area (Å²) < 4.78 is 68.3. The quantitative estimate of drug-likeness (QED) is 0.441. The summed E-state index contributed by atoms with van der Waals surface area (Å²) in [6.07, 6.45) is -4.45. The summed E-state index contributed by atoms with van der Waals surface area (Å²) >= 11 is 0. The van der Waals surface area contributed by atoms with Gasteiger partial charge in [-0.05, 0) is 23.3 Å². The van der Waals surface area contributed by atoms with Crippen LogP contribution in [0.5, 0.6) is 0 Å². The minimum atomic E-state index is -4.68. The highest BCUT2D eigenvalue weighted by Crippen LogP contribution is 2.36.